The number of thioether (sulfide) groups is 1. The molecule has 1 aromatic carbocycles. The zero-order chi connectivity index (χ0) is 15.4. The number of nitrogens with one attached hydrogen (secondary N) is 1. The monoisotopic (exact) mass is 341 g/mol. The molecule has 2 amide bonds. The van der Waals surface area contributed by atoms with Crippen LogP contribution in [0.4, 0.5) is 16.2 Å². The van der Waals surface area contributed by atoms with E-state index in [-0.39, 0.29) is 6.03 Å². The van der Waals surface area contributed by atoms with Gasteiger partial charge in [-0.3, -0.25) is 0 Å². The number of carbonyl (C=O) groups is 1. The number of rotatable bonds is 2. The lowest BCUT2D eigenvalue weighted by molar-refractivity contribution is 0.122. The van der Waals surface area contributed by atoms with Crippen LogP contribution >= 0.6 is 23.4 Å². The highest BCUT2D eigenvalue weighted by Gasteiger charge is 2.18. The molecule has 22 heavy (non-hydrogen) atoms. The topological polar surface area (TPSA) is 44.8 Å². The minimum atomic E-state index is -0.0682. The predicted molar refractivity (Wildman–Crippen MR) is 92.4 cm³/mol. The van der Waals surface area contributed by atoms with E-state index < -0.39 is 0 Å². The number of halogens is 1. The van der Waals surface area contributed by atoms with Crippen molar-refractivity contribution in [3.8, 4) is 0 Å². The lowest BCUT2D eigenvalue weighted by Gasteiger charge is -2.30. The number of anilines is 2. The van der Waals surface area contributed by atoms with Crippen molar-refractivity contribution in [2.45, 2.75) is 0 Å². The van der Waals surface area contributed by atoms with Crippen molar-refractivity contribution in [3.05, 3.63) is 23.2 Å². The van der Waals surface area contributed by atoms with E-state index in [2.05, 4.69) is 10.2 Å². The van der Waals surface area contributed by atoms with Gasteiger partial charge < -0.3 is 19.9 Å². The molecule has 0 unspecified atom stereocenters. The number of hydrogen-bond acceptors (Lipinski definition) is 4. The van der Waals surface area contributed by atoms with Crippen molar-refractivity contribution < 1.29 is 9.53 Å². The second-order valence-corrected chi connectivity index (χ2v) is 6.93. The Morgan fingerprint density at radius 3 is 2.64 bits per heavy atom. The number of carbonyl (C=O) groups excluding carboxylic acids is 1. The maximum absolute atomic E-state index is 12.3. The van der Waals surface area contributed by atoms with Crippen molar-refractivity contribution in [3.63, 3.8) is 0 Å². The second-order valence-electron chi connectivity index (χ2n) is 5.29. The van der Waals surface area contributed by atoms with Crippen molar-refractivity contribution in [1.29, 1.82) is 0 Å². The Labute approximate surface area is 139 Å². The lowest BCUT2D eigenvalue weighted by Crippen LogP contribution is -2.40. The molecule has 1 aromatic rings. The van der Waals surface area contributed by atoms with Crippen LogP contribution in [-0.2, 0) is 4.74 Å². The lowest BCUT2D eigenvalue weighted by atomic mass is 10.2. The fourth-order valence-corrected chi connectivity index (χ4v) is 3.66. The Balaban J connectivity index is 1.70. The van der Waals surface area contributed by atoms with Crippen LogP contribution in [0.15, 0.2) is 18.2 Å². The molecule has 0 radical (unpaired) electrons. The maximum Gasteiger partial charge on any atom is 0.321 e. The van der Waals surface area contributed by atoms with E-state index in [1.54, 1.807) is 0 Å². The number of benzene rings is 1. The van der Waals surface area contributed by atoms with Gasteiger partial charge in [0, 0.05) is 43.4 Å². The number of nitrogens with zero attached hydrogens (tertiary/aromatic N) is 2. The Bertz CT molecular complexity index is 532. The zero-order valence-electron chi connectivity index (χ0n) is 12.4. The van der Waals surface area contributed by atoms with Gasteiger partial charge in [0.2, 0.25) is 0 Å². The summed E-state index contributed by atoms with van der Waals surface area (Å²) in [5, 5.41) is 3.51. The largest absolute Gasteiger partial charge is 0.378 e. The predicted octanol–water partition coefficient (Wildman–Crippen LogP) is 2.76. The van der Waals surface area contributed by atoms with Crippen LogP contribution in [0.2, 0.25) is 5.02 Å². The third-order valence-electron chi connectivity index (χ3n) is 3.87. The molecule has 5 nitrogen and oxygen atoms in total. The number of morpholine rings is 1. The second kappa shape index (κ2) is 7.44. The first-order valence-electron chi connectivity index (χ1n) is 7.50. The molecule has 0 bridgehead atoms. The SMILES string of the molecule is O=C(Nc1cc(N2CCOCC2)ccc1Cl)N1CCSCC1. The summed E-state index contributed by atoms with van der Waals surface area (Å²) in [4.78, 5) is 16.4. The van der Waals surface area contributed by atoms with Gasteiger partial charge in [-0.15, -0.1) is 0 Å². The van der Waals surface area contributed by atoms with Crippen LogP contribution in [0.3, 0.4) is 0 Å². The van der Waals surface area contributed by atoms with Crippen LogP contribution in [-0.4, -0.2) is 61.8 Å². The first-order valence-corrected chi connectivity index (χ1v) is 9.03. The molecule has 2 heterocycles. The molecule has 2 saturated heterocycles. The van der Waals surface area contributed by atoms with E-state index in [1.807, 2.05) is 34.9 Å². The summed E-state index contributed by atoms with van der Waals surface area (Å²) < 4.78 is 5.37. The van der Waals surface area contributed by atoms with Gasteiger partial charge in [0.15, 0.2) is 0 Å². The zero-order valence-corrected chi connectivity index (χ0v) is 14.0. The van der Waals surface area contributed by atoms with Crippen LogP contribution in [0, 0.1) is 0 Å². The maximum atomic E-state index is 12.3. The molecule has 0 aliphatic carbocycles. The molecule has 2 aliphatic rings. The van der Waals surface area contributed by atoms with Crippen LogP contribution in [0.25, 0.3) is 0 Å². The molecule has 2 fully saturated rings. The Morgan fingerprint density at radius 1 is 1.18 bits per heavy atom. The van der Waals surface area contributed by atoms with Gasteiger partial charge in [0.1, 0.15) is 0 Å². The summed E-state index contributed by atoms with van der Waals surface area (Å²) in [5.74, 6) is 1.99. The Kier molecular flexibility index (Phi) is 5.33. The minimum Gasteiger partial charge on any atom is -0.378 e. The van der Waals surface area contributed by atoms with E-state index in [9.17, 15) is 4.79 Å². The average Bonchev–Trinajstić information content (AvgIpc) is 2.58. The van der Waals surface area contributed by atoms with Gasteiger partial charge >= 0.3 is 6.03 Å². The molecule has 120 valence electrons. The minimum absolute atomic E-state index is 0.0682. The van der Waals surface area contributed by atoms with Gasteiger partial charge in [-0.05, 0) is 18.2 Å². The molecule has 3 rings (SSSR count). The van der Waals surface area contributed by atoms with Gasteiger partial charge in [-0.2, -0.15) is 11.8 Å². The summed E-state index contributed by atoms with van der Waals surface area (Å²) >= 11 is 8.12. The van der Waals surface area contributed by atoms with Gasteiger partial charge in [0.05, 0.1) is 23.9 Å². The highest BCUT2D eigenvalue weighted by molar-refractivity contribution is 7.99. The summed E-state index contributed by atoms with van der Waals surface area (Å²) in [6, 6.07) is 5.71. The smallest absolute Gasteiger partial charge is 0.321 e. The molecule has 1 N–H and O–H groups in total. The first kappa shape index (κ1) is 15.8. The highest BCUT2D eigenvalue weighted by atomic mass is 35.5. The van der Waals surface area contributed by atoms with Crippen LogP contribution in [0.5, 0.6) is 0 Å². The number of hydrogen-bond donors (Lipinski definition) is 1. The summed E-state index contributed by atoms with van der Waals surface area (Å²) in [6.45, 7) is 4.76. The van der Waals surface area contributed by atoms with E-state index >= 15 is 0 Å². The number of urea groups is 1. The number of amides is 2. The Morgan fingerprint density at radius 2 is 1.91 bits per heavy atom. The average molecular weight is 342 g/mol. The van der Waals surface area contributed by atoms with E-state index in [0.717, 1.165) is 56.6 Å². The molecule has 2 aliphatic heterocycles. The Hall–Kier alpha value is -1.11. The van der Waals surface area contributed by atoms with E-state index in [0.29, 0.717) is 10.7 Å². The fourth-order valence-electron chi connectivity index (χ4n) is 2.59. The molecule has 0 atom stereocenters. The van der Waals surface area contributed by atoms with Crippen LogP contribution < -0.4 is 10.2 Å². The summed E-state index contributed by atoms with van der Waals surface area (Å²) in [6.07, 6.45) is 0. The third-order valence-corrected chi connectivity index (χ3v) is 5.14. The van der Waals surface area contributed by atoms with E-state index in [4.69, 9.17) is 16.3 Å². The summed E-state index contributed by atoms with van der Waals surface area (Å²) in [7, 11) is 0. The molecule has 0 spiro atoms. The van der Waals surface area contributed by atoms with Crippen molar-refractivity contribution >= 4 is 40.8 Å². The highest BCUT2D eigenvalue weighted by Crippen LogP contribution is 2.28. The van der Waals surface area contributed by atoms with Gasteiger partial charge in [-0.25, -0.2) is 4.79 Å². The fraction of sp³-hybridized carbons (Fsp3) is 0.533. The van der Waals surface area contributed by atoms with Crippen molar-refractivity contribution in [1.82, 2.24) is 4.90 Å². The quantitative estimate of drug-likeness (QED) is 0.898. The molecular weight excluding hydrogens is 322 g/mol. The van der Waals surface area contributed by atoms with Crippen molar-refractivity contribution in [2.24, 2.45) is 0 Å². The van der Waals surface area contributed by atoms with Gasteiger partial charge in [-0.1, -0.05) is 11.6 Å². The third kappa shape index (κ3) is 3.80. The standard InChI is InChI=1S/C15H20ClN3O2S/c16-13-2-1-12(18-3-7-21-8-4-18)11-14(13)17-15(20)19-5-9-22-10-6-19/h1-2,11H,3-10H2,(H,17,20). The molecule has 0 saturated carbocycles. The van der Waals surface area contributed by atoms with Gasteiger partial charge in [0.25, 0.3) is 0 Å². The van der Waals surface area contributed by atoms with Crippen LogP contribution in [0.1, 0.15) is 0 Å². The molecular formula is C15H20ClN3O2S. The molecule has 7 heteroatoms. The summed E-state index contributed by atoms with van der Waals surface area (Å²) in [5.41, 5.74) is 1.74. The first-order chi connectivity index (χ1) is 10.7. The van der Waals surface area contributed by atoms with Crippen molar-refractivity contribution in [2.75, 3.05) is 61.1 Å². The normalized spacial score (nSPS) is 19.1. The number of ether oxygens (including phenoxy) is 1. The van der Waals surface area contributed by atoms with E-state index in [1.165, 1.54) is 0 Å². The molecule has 0 aromatic heterocycles.